The van der Waals surface area contributed by atoms with Crippen molar-refractivity contribution >= 4 is 15.7 Å². The lowest BCUT2D eigenvalue weighted by atomic mass is 10.1. The molecule has 2 heterocycles. The summed E-state index contributed by atoms with van der Waals surface area (Å²) in [5.41, 5.74) is 0.472. The Morgan fingerprint density at radius 1 is 1.19 bits per heavy atom. The largest absolute Gasteiger partial charge is 0.341 e. The number of sulfone groups is 1. The lowest BCUT2D eigenvalue weighted by Crippen LogP contribution is -2.36. The minimum absolute atomic E-state index is 0.0980. The summed E-state index contributed by atoms with van der Waals surface area (Å²) < 4.78 is 31.5. The van der Waals surface area contributed by atoms with Crippen molar-refractivity contribution in [3.8, 4) is 0 Å². The smallest absolute Gasteiger partial charge is 0.245 e. The Kier molecular flexibility index (Phi) is 5.94. The summed E-state index contributed by atoms with van der Waals surface area (Å²) >= 11 is 0. The molecular weight excluding hydrogens is 366 g/mol. The fraction of sp³-hybridized carbons (Fsp3) is 0.526. The number of rotatable bonds is 7. The van der Waals surface area contributed by atoms with E-state index in [0.717, 1.165) is 12.8 Å². The number of hydrogen-bond acceptors (Lipinski definition) is 6. The van der Waals surface area contributed by atoms with Crippen molar-refractivity contribution in [1.82, 2.24) is 15.0 Å². The van der Waals surface area contributed by atoms with E-state index in [1.807, 2.05) is 13.8 Å². The molecule has 1 aromatic carbocycles. The Hall–Kier alpha value is -2.22. The minimum Gasteiger partial charge on any atom is -0.341 e. The number of amides is 1. The zero-order chi connectivity index (χ0) is 19.4. The third-order valence-corrected chi connectivity index (χ3v) is 6.38. The summed E-state index contributed by atoms with van der Waals surface area (Å²) in [6, 6.07) is 8.63. The van der Waals surface area contributed by atoms with Crippen molar-refractivity contribution in [1.29, 1.82) is 0 Å². The van der Waals surface area contributed by atoms with Crippen LogP contribution in [-0.2, 0) is 26.8 Å². The molecule has 146 valence electrons. The van der Waals surface area contributed by atoms with Gasteiger partial charge in [0, 0.05) is 19.5 Å². The number of hydrogen-bond donors (Lipinski definition) is 0. The molecule has 1 unspecified atom stereocenters. The van der Waals surface area contributed by atoms with Crippen LogP contribution in [0.4, 0.5) is 0 Å². The second-order valence-electron chi connectivity index (χ2n) is 7.33. The highest BCUT2D eigenvalue weighted by Crippen LogP contribution is 2.29. The zero-order valence-electron chi connectivity index (χ0n) is 15.7. The molecule has 7 nitrogen and oxygen atoms in total. The topological polar surface area (TPSA) is 93.4 Å². The average molecular weight is 391 g/mol. The van der Waals surface area contributed by atoms with Gasteiger partial charge in [0.25, 0.3) is 0 Å². The highest BCUT2D eigenvalue weighted by atomic mass is 32.2. The second-order valence-corrected chi connectivity index (χ2v) is 9.42. The first-order valence-corrected chi connectivity index (χ1v) is 10.9. The van der Waals surface area contributed by atoms with Crippen LogP contribution in [0.3, 0.4) is 0 Å². The number of nitrogens with zero attached hydrogens (tertiary/aromatic N) is 3. The summed E-state index contributed by atoms with van der Waals surface area (Å²) in [6.07, 6.45) is 2.38. The molecule has 1 aliphatic rings. The fourth-order valence-electron chi connectivity index (χ4n) is 3.28. The molecule has 0 aliphatic carbocycles. The molecule has 3 rings (SSSR count). The van der Waals surface area contributed by atoms with Crippen LogP contribution in [0.5, 0.6) is 0 Å². The van der Waals surface area contributed by atoms with Crippen LogP contribution < -0.4 is 0 Å². The Morgan fingerprint density at radius 3 is 2.48 bits per heavy atom. The first-order valence-electron chi connectivity index (χ1n) is 9.23. The molecule has 1 saturated heterocycles. The highest BCUT2D eigenvalue weighted by molar-refractivity contribution is 7.91. The van der Waals surface area contributed by atoms with E-state index in [9.17, 15) is 13.2 Å². The molecule has 8 heteroatoms. The van der Waals surface area contributed by atoms with Crippen LogP contribution in [0.2, 0.25) is 0 Å². The van der Waals surface area contributed by atoms with Gasteiger partial charge in [-0.3, -0.25) is 4.79 Å². The maximum Gasteiger partial charge on any atom is 0.245 e. The Morgan fingerprint density at radius 2 is 1.85 bits per heavy atom. The maximum absolute atomic E-state index is 13.2. The fourth-order valence-corrected chi connectivity index (χ4v) is 4.95. The molecule has 1 amide bonds. The zero-order valence-corrected chi connectivity index (χ0v) is 16.5. The van der Waals surface area contributed by atoms with Gasteiger partial charge in [0.1, 0.15) is 5.75 Å². The standard InChI is InChI=1S/C19H25N3O4S/c1-14(2)12-17-20-16(21-26-17)13-27(24,25)18(15-8-4-3-5-9-15)19(23)22-10-6-7-11-22/h3-5,8-9,14,18H,6-7,10-13H2,1-2H3. The molecule has 1 fully saturated rings. The van der Waals surface area contributed by atoms with E-state index in [4.69, 9.17) is 4.52 Å². The average Bonchev–Trinajstić information content (AvgIpc) is 3.27. The van der Waals surface area contributed by atoms with Crippen molar-refractivity contribution in [3.63, 3.8) is 0 Å². The van der Waals surface area contributed by atoms with Gasteiger partial charge < -0.3 is 9.42 Å². The van der Waals surface area contributed by atoms with E-state index in [1.54, 1.807) is 35.2 Å². The molecule has 1 aliphatic heterocycles. The van der Waals surface area contributed by atoms with Gasteiger partial charge >= 0.3 is 0 Å². The van der Waals surface area contributed by atoms with E-state index in [1.165, 1.54) is 0 Å². The lowest BCUT2D eigenvalue weighted by molar-refractivity contribution is -0.129. The summed E-state index contributed by atoms with van der Waals surface area (Å²) in [4.78, 5) is 18.8. The van der Waals surface area contributed by atoms with Gasteiger partial charge in [-0.2, -0.15) is 4.98 Å². The highest BCUT2D eigenvalue weighted by Gasteiger charge is 2.38. The molecule has 2 aromatic rings. The molecular formula is C19H25N3O4S. The van der Waals surface area contributed by atoms with Gasteiger partial charge in [0.2, 0.25) is 11.8 Å². The number of carbonyl (C=O) groups is 1. The van der Waals surface area contributed by atoms with E-state index in [2.05, 4.69) is 10.1 Å². The molecule has 27 heavy (non-hydrogen) atoms. The summed E-state index contributed by atoms with van der Waals surface area (Å²) in [5.74, 6) is 0.0414. The van der Waals surface area contributed by atoms with Gasteiger partial charge in [-0.25, -0.2) is 8.42 Å². The van der Waals surface area contributed by atoms with Crippen LogP contribution in [0.1, 0.15) is 49.2 Å². The van der Waals surface area contributed by atoms with Gasteiger partial charge in [0.15, 0.2) is 20.9 Å². The normalized spacial score (nSPS) is 16.0. The molecule has 0 radical (unpaired) electrons. The van der Waals surface area contributed by atoms with Gasteiger partial charge in [-0.1, -0.05) is 49.3 Å². The van der Waals surface area contributed by atoms with Crippen LogP contribution in [-0.4, -0.2) is 42.5 Å². The van der Waals surface area contributed by atoms with Gasteiger partial charge in [-0.15, -0.1) is 0 Å². The van der Waals surface area contributed by atoms with Crippen molar-refractivity contribution in [3.05, 3.63) is 47.6 Å². The minimum atomic E-state index is -3.86. The quantitative estimate of drug-likeness (QED) is 0.720. The van der Waals surface area contributed by atoms with Crippen LogP contribution in [0, 0.1) is 5.92 Å². The van der Waals surface area contributed by atoms with Crippen molar-refractivity contribution in [2.75, 3.05) is 13.1 Å². The monoisotopic (exact) mass is 391 g/mol. The number of aromatic nitrogens is 2. The summed E-state index contributed by atoms with van der Waals surface area (Å²) in [7, 11) is -3.86. The van der Waals surface area contributed by atoms with Crippen LogP contribution in [0.15, 0.2) is 34.9 Å². The summed E-state index contributed by atoms with van der Waals surface area (Å²) in [5, 5.41) is 2.55. The first kappa shape index (κ1) is 19.5. The Labute approximate surface area is 159 Å². The van der Waals surface area contributed by atoms with E-state index >= 15 is 0 Å². The molecule has 0 saturated carbocycles. The predicted molar refractivity (Wildman–Crippen MR) is 100 cm³/mol. The molecule has 0 spiro atoms. The number of carbonyl (C=O) groups excluding carboxylic acids is 1. The molecule has 0 N–H and O–H groups in total. The van der Waals surface area contributed by atoms with Crippen molar-refractivity contribution in [2.24, 2.45) is 5.92 Å². The molecule has 1 aromatic heterocycles. The number of benzene rings is 1. The summed E-state index contributed by atoms with van der Waals surface area (Å²) in [6.45, 7) is 5.22. The van der Waals surface area contributed by atoms with E-state index in [-0.39, 0.29) is 11.7 Å². The maximum atomic E-state index is 13.2. The first-order chi connectivity index (χ1) is 12.9. The van der Waals surface area contributed by atoms with E-state index in [0.29, 0.717) is 36.9 Å². The number of likely N-dealkylation sites (tertiary alicyclic amines) is 1. The van der Waals surface area contributed by atoms with Crippen molar-refractivity contribution in [2.45, 2.75) is 44.1 Å². The SMILES string of the molecule is CC(C)Cc1nc(CS(=O)(=O)C(C(=O)N2CCCC2)c2ccccc2)no1. The van der Waals surface area contributed by atoms with Gasteiger partial charge in [-0.05, 0) is 24.3 Å². The molecule has 0 bridgehead atoms. The Balaban J connectivity index is 1.88. The third kappa shape index (κ3) is 4.74. The second kappa shape index (κ2) is 8.21. The van der Waals surface area contributed by atoms with Crippen LogP contribution >= 0.6 is 0 Å². The molecule has 1 atom stereocenters. The van der Waals surface area contributed by atoms with Crippen LogP contribution in [0.25, 0.3) is 0 Å². The third-order valence-electron chi connectivity index (χ3n) is 4.53. The van der Waals surface area contributed by atoms with Gasteiger partial charge in [0.05, 0.1) is 0 Å². The van der Waals surface area contributed by atoms with E-state index < -0.39 is 20.8 Å². The Bertz CT molecular complexity index is 871. The predicted octanol–water partition coefficient (Wildman–Crippen LogP) is 2.55. The lowest BCUT2D eigenvalue weighted by Gasteiger charge is -2.23. The van der Waals surface area contributed by atoms with Crippen molar-refractivity contribution < 1.29 is 17.7 Å².